The molecule has 0 radical (unpaired) electrons. The predicted octanol–water partition coefficient (Wildman–Crippen LogP) is 11.7. The average Bonchev–Trinajstić information content (AvgIpc) is 3.84. The van der Waals surface area contributed by atoms with Crippen molar-refractivity contribution in [2.24, 2.45) is 17.8 Å². The molecule has 5 rings (SSSR count). The molecule has 3 aromatic rings. The number of allylic oxidation sites excluding steroid dienone is 2. The molecule has 3 aromatic carbocycles. The molecule has 2 bridgehead atoms. The van der Waals surface area contributed by atoms with Crippen LogP contribution in [0.5, 0.6) is 23.0 Å². The molecule has 1 fully saturated rings. The van der Waals surface area contributed by atoms with Crippen LogP contribution in [0.15, 0.2) is 78.9 Å². The number of hydrogen-bond acceptors (Lipinski definition) is 8. The first-order valence-corrected chi connectivity index (χ1v) is 19.5. The van der Waals surface area contributed by atoms with Crippen LogP contribution in [0.4, 0.5) is 43.9 Å². The van der Waals surface area contributed by atoms with Gasteiger partial charge in [0.25, 0.3) is 0 Å². The average molecular weight is 877 g/mol. The molecular formula is C43H42F10O8. The summed E-state index contributed by atoms with van der Waals surface area (Å²) < 4.78 is 154. The summed E-state index contributed by atoms with van der Waals surface area (Å²) in [5.41, 5.74) is 0.393. The summed E-state index contributed by atoms with van der Waals surface area (Å²) in [5.74, 6) is -10.9. The van der Waals surface area contributed by atoms with E-state index in [0.29, 0.717) is 23.8 Å². The number of alkyl halides is 10. The lowest BCUT2D eigenvalue weighted by Crippen LogP contribution is -2.36. The molecule has 0 aliphatic heterocycles. The quantitative estimate of drug-likeness (QED) is 0.0343. The van der Waals surface area contributed by atoms with Crippen molar-refractivity contribution in [2.75, 3.05) is 13.2 Å². The van der Waals surface area contributed by atoms with Crippen molar-refractivity contribution in [3.05, 3.63) is 95.6 Å². The first kappa shape index (κ1) is 46.8. The van der Waals surface area contributed by atoms with Gasteiger partial charge in [0.2, 0.25) is 0 Å². The Morgan fingerprint density at radius 2 is 1.05 bits per heavy atom. The maximum absolute atomic E-state index is 13.2. The summed E-state index contributed by atoms with van der Waals surface area (Å²) in [6.45, 7) is -0.253. The fourth-order valence-electron chi connectivity index (χ4n) is 6.75. The van der Waals surface area contributed by atoms with Crippen LogP contribution in [0.25, 0.3) is 0 Å². The topological polar surface area (TPSA) is 97.4 Å². The number of carbonyl (C=O) groups is 3. The second kappa shape index (κ2) is 20.1. The molecule has 3 atom stereocenters. The molecule has 0 heterocycles. The van der Waals surface area contributed by atoms with E-state index < -0.39 is 54.9 Å². The second-order valence-corrected chi connectivity index (χ2v) is 14.8. The first-order valence-electron chi connectivity index (χ1n) is 19.5. The van der Waals surface area contributed by atoms with Crippen LogP contribution in [0, 0.1) is 17.8 Å². The minimum Gasteiger partial charge on any atom is -0.494 e. The van der Waals surface area contributed by atoms with E-state index in [2.05, 4.69) is 6.08 Å². The van der Waals surface area contributed by atoms with E-state index in [1.54, 1.807) is 0 Å². The van der Waals surface area contributed by atoms with Gasteiger partial charge < -0.3 is 23.7 Å². The highest BCUT2D eigenvalue weighted by Gasteiger charge is 2.57. The number of halogens is 10. The highest BCUT2D eigenvalue weighted by Crippen LogP contribution is 2.44. The van der Waals surface area contributed by atoms with Gasteiger partial charge in [0, 0.05) is 18.4 Å². The maximum Gasteiger partial charge on any atom is 0.453 e. The number of hydrogen-bond donors (Lipinski definition) is 0. The fourth-order valence-corrected chi connectivity index (χ4v) is 6.75. The van der Waals surface area contributed by atoms with E-state index in [-0.39, 0.29) is 98.4 Å². The lowest BCUT2D eigenvalue weighted by Gasteiger charge is -2.19. The molecule has 61 heavy (non-hydrogen) atoms. The molecule has 8 nitrogen and oxygen atoms in total. The predicted molar refractivity (Wildman–Crippen MR) is 198 cm³/mol. The van der Waals surface area contributed by atoms with E-state index in [9.17, 15) is 58.3 Å². The SMILES string of the molecule is O=C(Oc1ccc(OC(=O)c2ccc(OCCCCCC(F)(F)C(F)(F)F)cc2)c(COC(=O)C2CC3C=CC2C3)c1)c1ccc(OCCCCCC(F)(F)C(F)(F)F)cc1. The molecule has 0 amide bonds. The van der Waals surface area contributed by atoms with Crippen LogP contribution in [0.2, 0.25) is 0 Å². The Morgan fingerprint density at radius 3 is 1.51 bits per heavy atom. The molecule has 2 aliphatic rings. The van der Waals surface area contributed by atoms with E-state index in [0.717, 1.165) is 6.42 Å². The van der Waals surface area contributed by atoms with Crippen LogP contribution in [-0.2, 0) is 16.1 Å². The molecule has 0 N–H and O–H groups in total. The summed E-state index contributed by atoms with van der Waals surface area (Å²) in [6.07, 6.45) is -8.34. The van der Waals surface area contributed by atoms with Crippen molar-refractivity contribution >= 4 is 17.9 Å². The summed E-state index contributed by atoms with van der Waals surface area (Å²) in [5, 5.41) is 0. The number of rotatable bonds is 21. The number of ether oxygens (including phenoxy) is 5. The van der Waals surface area contributed by atoms with Gasteiger partial charge in [-0.1, -0.05) is 12.2 Å². The summed E-state index contributed by atoms with van der Waals surface area (Å²) >= 11 is 0. The molecule has 0 aromatic heterocycles. The Morgan fingerprint density at radius 1 is 0.557 bits per heavy atom. The summed E-state index contributed by atoms with van der Waals surface area (Å²) in [6, 6.07) is 15.4. The monoisotopic (exact) mass is 876 g/mol. The van der Waals surface area contributed by atoms with Crippen molar-refractivity contribution in [3.63, 3.8) is 0 Å². The highest BCUT2D eigenvalue weighted by molar-refractivity contribution is 5.92. The van der Waals surface area contributed by atoms with Crippen molar-refractivity contribution in [1.29, 1.82) is 0 Å². The third-order valence-corrected chi connectivity index (χ3v) is 10.2. The van der Waals surface area contributed by atoms with Crippen LogP contribution in [-0.4, -0.2) is 55.3 Å². The highest BCUT2D eigenvalue weighted by atomic mass is 19.4. The number of fused-ring (bicyclic) bond motifs is 2. The van der Waals surface area contributed by atoms with Crippen molar-refractivity contribution in [3.8, 4) is 23.0 Å². The zero-order chi connectivity index (χ0) is 44.4. The van der Waals surface area contributed by atoms with E-state index >= 15 is 0 Å². The van der Waals surface area contributed by atoms with Crippen LogP contribution in [0.3, 0.4) is 0 Å². The minimum absolute atomic E-state index is 0.00238. The van der Waals surface area contributed by atoms with Gasteiger partial charge in [0.05, 0.1) is 30.3 Å². The Hall–Kier alpha value is -5.29. The molecule has 18 heteroatoms. The van der Waals surface area contributed by atoms with Gasteiger partial charge in [0.15, 0.2) is 0 Å². The number of benzene rings is 3. The molecule has 0 spiro atoms. The lowest BCUT2D eigenvalue weighted by molar-refractivity contribution is -0.284. The van der Waals surface area contributed by atoms with Gasteiger partial charge in [-0.15, -0.1) is 0 Å². The van der Waals surface area contributed by atoms with E-state index in [1.807, 2.05) is 6.08 Å². The van der Waals surface area contributed by atoms with Gasteiger partial charge >= 0.3 is 42.1 Å². The Labute approximate surface area is 344 Å². The largest absolute Gasteiger partial charge is 0.494 e. The van der Waals surface area contributed by atoms with Crippen molar-refractivity contribution < 1.29 is 82.0 Å². The Balaban J connectivity index is 1.15. The molecule has 2 aliphatic carbocycles. The van der Waals surface area contributed by atoms with Gasteiger partial charge in [-0.2, -0.15) is 43.9 Å². The van der Waals surface area contributed by atoms with Gasteiger partial charge in [0.1, 0.15) is 29.6 Å². The van der Waals surface area contributed by atoms with Crippen molar-refractivity contribution in [2.45, 2.75) is 95.0 Å². The first-order chi connectivity index (χ1) is 28.7. The Kier molecular flexibility index (Phi) is 15.4. The van der Waals surface area contributed by atoms with Gasteiger partial charge in [-0.25, -0.2) is 9.59 Å². The molecule has 1 saturated carbocycles. The zero-order valence-corrected chi connectivity index (χ0v) is 32.5. The molecule has 332 valence electrons. The Bertz CT molecular complexity index is 1980. The summed E-state index contributed by atoms with van der Waals surface area (Å²) in [4.78, 5) is 39.3. The van der Waals surface area contributed by atoms with E-state index in [1.165, 1.54) is 66.7 Å². The maximum atomic E-state index is 13.2. The van der Waals surface area contributed by atoms with Crippen LogP contribution < -0.4 is 18.9 Å². The summed E-state index contributed by atoms with van der Waals surface area (Å²) in [7, 11) is 0. The number of esters is 3. The molecule has 0 saturated heterocycles. The second-order valence-electron chi connectivity index (χ2n) is 14.8. The molecular weight excluding hydrogens is 834 g/mol. The lowest BCUT2D eigenvalue weighted by atomic mass is 9.94. The molecule has 3 unspecified atom stereocenters. The fraction of sp³-hybridized carbons (Fsp3) is 0.465. The van der Waals surface area contributed by atoms with Crippen LogP contribution in [0.1, 0.15) is 90.5 Å². The number of unbranched alkanes of at least 4 members (excludes halogenated alkanes) is 4. The third kappa shape index (κ3) is 13.1. The standard InChI is InChI=1S/C43H42F10O8/c44-40(45,42(48,49)50)19-3-1-5-21-57-32-13-9-28(10-14-32)37(54)60-34-17-18-36(31(25-34)26-59-39(56)35-24-27-7-8-30(35)23-27)61-38(55)29-11-15-33(16-12-29)58-22-6-2-4-20-41(46,47)43(51,52)53/h7-18,25,27,30,35H,1-6,19-24,26H2. The van der Waals surface area contributed by atoms with Crippen molar-refractivity contribution in [1.82, 2.24) is 0 Å². The van der Waals surface area contributed by atoms with Gasteiger partial charge in [-0.05, 0) is 130 Å². The smallest absolute Gasteiger partial charge is 0.453 e. The zero-order valence-electron chi connectivity index (χ0n) is 32.5. The van der Waals surface area contributed by atoms with Crippen LogP contribution >= 0.6 is 0 Å². The van der Waals surface area contributed by atoms with E-state index in [4.69, 9.17) is 23.7 Å². The third-order valence-electron chi connectivity index (χ3n) is 10.2. The minimum atomic E-state index is -5.60. The number of carbonyl (C=O) groups excluding carboxylic acids is 3. The normalized spacial score (nSPS) is 17.6. The van der Waals surface area contributed by atoms with Gasteiger partial charge in [-0.3, -0.25) is 4.79 Å².